The number of nitrogens with zero attached hydrogens (tertiary/aromatic N) is 4. The van der Waals surface area contributed by atoms with Crippen LogP contribution in [0.15, 0.2) is 42.6 Å². The van der Waals surface area contributed by atoms with E-state index in [1.165, 1.54) is 5.56 Å². The average molecular weight is 523 g/mol. The highest BCUT2D eigenvalue weighted by Gasteiger charge is 2.24. The molecule has 3 N–H and O–H groups in total. The third kappa shape index (κ3) is 4.87. The second-order valence-electron chi connectivity index (χ2n) is 9.96. The van der Waals surface area contributed by atoms with Gasteiger partial charge >= 0.3 is 0 Å². The lowest BCUT2D eigenvalue weighted by Crippen LogP contribution is -2.33. The smallest absolute Gasteiger partial charge is 0.227 e. The predicted octanol–water partition coefficient (Wildman–Crippen LogP) is 3.98. The number of fused-ring (bicyclic) bond motifs is 2. The number of pyridine rings is 1. The first-order valence-electron chi connectivity index (χ1n) is 13.2. The van der Waals surface area contributed by atoms with E-state index < -0.39 is 0 Å². The number of H-pyrrole nitrogens is 1. The molecule has 2 aliphatic rings. The summed E-state index contributed by atoms with van der Waals surface area (Å²) in [7, 11) is 1.58. The van der Waals surface area contributed by atoms with Gasteiger partial charge in [-0.3, -0.25) is 4.79 Å². The molecule has 0 saturated carbocycles. The largest absolute Gasteiger partial charge is 0.507 e. The molecule has 6 rings (SSSR count). The SMILES string of the molecule is COc1ncccc1-c1ccc(O)c(-c2nc3c([nH]2)CC(C(=O)NCCc2nc(C)c4c(n2)CCC4)C=C3)c1. The molecule has 1 amide bonds. The summed E-state index contributed by atoms with van der Waals surface area (Å²) >= 11 is 0. The summed E-state index contributed by atoms with van der Waals surface area (Å²) in [4.78, 5) is 34.6. The van der Waals surface area contributed by atoms with Gasteiger partial charge in [0.15, 0.2) is 0 Å². The van der Waals surface area contributed by atoms with Gasteiger partial charge in [-0.15, -0.1) is 0 Å². The zero-order chi connectivity index (χ0) is 26.9. The topological polar surface area (TPSA) is 126 Å². The van der Waals surface area contributed by atoms with Crippen molar-refractivity contribution in [2.24, 2.45) is 5.92 Å². The number of benzene rings is 1. The predicted molar refractivity (Wildman–Crippen MR) is 147 cm³/mol. The number of ether oxygens (including phenoxy) is 1. The Bertz CT molecular complexity index is 1590. The van der Waals surface area contributed by atoms with Crippen LogP contribution in [0.1, 0.15) is 40.6 Å². The zero-order valence-electron chi connectivity index (χ0n) is 22.0. The Balaban J connectivity index is 1.13. The third-order valence-electron chi connectivity index (χ3n) is 7.42. The highest BCUT2D eigenvalue weighted by molar-refractivity contribution is 5.83. The van der Waals surface area contributed by atoms with Crippen LogP contribution in [-0.2, 0) is 30.5 Å². The van der Waals surface area contributed by atoms with Gasteiger partial charge in [0.2, 0.25) is 11.8 Å². The van der Waals surface area contributed by atoms with Gasteiger partial charge in [-0.05, 0) is 67.7 Å². The molecular weight excluding hydrogens is 492 g/mol. The first-order valence-corrected chi connectivity index (χ1v) is 13.2. The van der Waals surface area contributed by atoms with Crippen LogP contribution in [0, 0.1) is 12.8 Å². The molecule has 1 aromatic carbocycles. The molecule has 0 aliphatic heterocycles. The number of carbonyl (C=O) groups is 1. The maximum Gasteiger partial charge on any atom is 0.227 e. The average Bonchev–Trinajstić information content (AvgIpc) is 3.60. The van der Waals surface area contributed by atoms with Crippen LogP contribution in [0.3, 0.4) is 0 Å². The van der Waals surface area contributed by atoms with Crippen LogP contribution < -0.4 is 10.1 Å². The minimum Gasteiger partial charge on any atom is -0.507 e. The molecule has 0 spiro atoms. The molecule has 0 bridgehead atoms. The van der Waals surface area contributed by atoms with E-state index in [4.69, 9.17) is 14.7 Å². The van der Waals surface area contributed by atoms with Crippen LogP contribution in [0.25, 0.3) is 28.6 Å². The lowest BCUT2D eigenvalue weighted by Gasteiger charge is -2.16. The van der Waals surface area contributed by atoms with Crippen LogP contribution >= 0.6 is 0 Å². The van der Waals surface area contributed by atoms with Crippen molar-refractivity contribution >= 4 is 12.0 Å². The number of aromatic amines is 1. The number of rotatable bonds is 7. The summed E-state index contributed by atoms with van der Waals surface area (Å²) in [5, 5.41) is 13.7. The number of amides is 1. The van der Waals surface area contributed by atoms with E-state index in [2.05, 4.69) is 20.3 Å². The maximum atomic E-state index is 12.9. The number of hydrogen-bond donors (Lipinski definition) is 3. The summed E-state index contributed by atoms with van der Waals surface area (Å²) < 4.78 is 5.40. The maximum absolute atomic E-state index is 12.9. The molecule has 0 saturated heterocycles. The second-order valence-corrected chi connectivity index (χ2v) is 9.96. The van der Waals surface area contributed by atoms with Crippen molar-refractivity contribution in [1.82, 2.24) is 30.2 Å². The van der Waals surface area contributed by atoms with Crippen molar-refractivity contribution < 1.29 is 14.6 Å². The molecule has 9 heteroatoms. The number of aromatic nitrogens is 5. The van der Waals surface area contributed by atoms with E-state index in [1.807, 2.05) is 43.3 Å². The number of phenolic OH excluding ortho intramolecular Hbond substituents is 1. The highest BCUT2D eigenvalue weighted by atomic mass is 16.5. The van der Waals surface area contributed by atoms with E-state index >= 15 is 0 Å². The van der Waals surface area contributed by atoms with Crippen molar-refractivity contribution in [3.05, 3.63) is 76.8 Å². The van der Waals surface area contributed by atoms with Gasteiger partial charge in [-0.25, -0.2) is 19.9 Å². The zero-order valence-corrected chi connectivity index (χ0v) is 22.0. The van der Waals surface area contributed by atoms with Crippen molar-refractivity contribution in [1.29, 1.82) is 0 Å². The molecule has 4 aromatic rings. The summed E-state index contributed by atoms with van der Waals surface area (Å²) in [6.07, 6.45) is 9.73. The number of carbonyl (C=O) groups excluding carboxylic acids is 1. The van der Waals surface area contributed by atoms with Crippen molar-refractivity contribution in [3.63, 3.8) is 0 Å². The number of aryl methyl sites for hydroxylation is 2. The number of phenols is 1. The number of methoxy groups -OCH3 is 1. The quantitative estimate of drug-likeness (QED) is 0.335. The lowest BCUT2D eigenvalue weighted by atomic mass is 9.95. The van der Waals surface area contributed by atoms with Crippen molar-refractivity contribution in [2.45, 2.75) is 39.0 Å². The summed E-state index contributed by atoms with van der Waals surface area (Å²) in [6.45, 7) is 2.53. The number of hydrogen-bond acceptors (Lipinski definition) is 7. The molecular formula is C30H30N6O3. The Morgan fingerprint density at radius 2 is 2.08 bits per heavy atom. The van der Waals surface area contributed by atoms with Gasteiger partial charge in [0.1, 0.15) is 17.4 Å². The van der Waals surface area contributed by atoms with Gasteiger partial charge < -0.3 is 20.1 Å². The number of imidazole rings is 1. The van der Waals surface area contributed by atoms with E-state index in [0.29, 0.717) is 36.7 Å². The fourth-order valence-corrected chi connectivity index (χ4v) is 5.41. The summed E-state index contributed by atoms with van der Waals surface area (Å²) in [6, 6.07) is 9.06. The highest BCUT2D eigenvalue weighted by Crippen LogP contribution is 2.36. The van der Waals surface area contributed by atoms with Crippen molar-refractivity contribution in [3.8, 4) is 34.1 Å². The molecule has 9 nitrogen and oxygen atoms in total. The third-order valence-corrected chi connectivity index (χ3v) is 7.42. The van der Waals surface area contributed by atoms with Gasteiger partial charge in [0, 0.05) is 48.2 Å². The van der Waals surface area contributed by atoms with Gasteiger partial charge in [-0.2, -0.15) is 0 Å². The monoisotopic (exact) mass is 522 g/mol. The Labute approximate surface area is 226 Å². The second kappa shape index (κ2) is 10.3. The number of nitrogens with one attached hydrogen (secondary N) is 2. The van der Waals surface area contributed by atoms with E-state index in [0.717, 1.165) is 59.0 Å². The van der Waals surface area contributed by atoms with Gasteiger partial charge in [-0.1, -0.05) is 12.1 Å². The molecule has 1 atom stereocenters. The summed E-state index contributed by atoms with van der Waals surface area (Å²) in [5.74, 6) is 1.58. The van der Waals surface area contributed by atoms with Gasteiger partial charge in [0.05, 0.1) is 24.3 Å². The Kier molecular flexibility index (Phi) is 6.56. The minimum atomic E-state index is -0.312. The Morgan fingerprint density at radius 1 is 1.18 bits per heavy atom. The molecule has 3 aromatic heterocycles. The molecule has 198 valence electrons. The molecule has 3 heterocycles. The van der Waals surface area contributed by atoms with Crippen LogP contribution in [0.2, 0.25) is 0 Å². The van der Waals surface area contributed by atoms with Crippen LogP contribution in [0.4, 0.5) is 0 Å². The van der Waals surface area contributed by atoms with E-state index in [1.54, 1.807) is 19.4 Å². The lowest BCUT2D eigenvalue weighted by molar-refractivity contribution is -0.123. The summed E-state index contributed by atoms with van der Waals surface area (Å²) in [5.41, 5.74) is 7.36. The van der Waals surface area contributed by atoms with Crippen LogP contribution in [0.5, 0.6) is 11.6 Å². The Morgan fingerprint density at radius 3 is 2.95 bits per heavy atom. The molecule has 0 fully saturated rings. The normalized spacial score (nSPS) is 15.6. The minimum absolute atomic E-state index is 0.0422. The van der Waals surface area contributed by atoms with E-state index in [9.17, 15) is 9.90 Å². The van der Waals surface area contributed by atoms with E-state index in [-0.39, 0.29) is 17.6 Å². The Hall–Kier alpha value is -4.53. The fourth-order valence-electron chi connectivity index (χ4n) is 5.41. The molecule has 39 heavy (non-hydrogen) atoms. The van der Waals surface area contributed by atoms with Gasteiger partial charge in [0.25, 0.3) is 0 Å². The first kappa shape index (κ1) is 24.8. The van der Waals surface area contributed by atoms with Crippen molar-refractivity contribution in [2.75, 3.05) is 13.7 Å². The standard InChI is InChI=1S/C30H30N6O3/c1-17-20-5-3-7-23(20)34-27(33-17)12-14-31-29(38)19-8-10-24-25(16-19)36-28(35-24)22-15-18(9-11-26(22)37)21-6-4-13-32-30(21)39-2/h4,6,8-11,13,15,19,37H,3,5,7,12,14,16H2,1-2H3,(H,31,38)(H,35,36). The first-order chi connectivity index (χ1) is 19.0. The fraction of sp³-hybridized carbons (Fsp3) is 0.300. The van der Waals surface area contributed by atoms with Crippen LogP contribution in [-0.4, -0.2) is 49.6 Å². The molecule has 2 aliphatic carbocycles. The number of aromatic hydroxyl groups is 1. The molecule has 1 unspecified atom stereocenters. The molecule has 0 radical (unpaired) electrons.